The van der Waals surface area contributed by atoms with Crippen LogP contribution in [0.4, 0.5) is 11.4 Å². The third-order valence-electron chi connectivity index (χ3n) is 4.79. The summed E-state index contributed by atoms with van der Waals surface area (Å²) in [6.45, 7) is 10.2. The Bertz CT molecular complexity index is 976. The number of anilines is 2. The van der Waals surface area contributed by atoms with Gasteiger partial charge in [-0.1, -0.05) is 18.5 Å². The van der Waals surface area contributed by atoms with Gasteiger partial charge in [-0.3, -0.25) is 9.20 Å². The lowest BCUT2D eigenvalue weighted by Gasteiger charge is -2.22. The number of benzene rings is 1. The van der Waals surface area contributed by atoms with Crippen LogP contribution in [0.3, 0.4) is 0 Å². The molecule has 0 atom stereocenters. The second kappa shape index (κ2) is 8.01. The number of hydrogen-bond donors (Lipinski definition) is 1. The van der Waals surface area contributed by atoms with Crippen LogP contribution >= 0.6 is 11.6 Å². The first kappa shape index (κ1) is 19.2. The molecule has 0 aliphatic carbocycles. The molecule has 0 bridgehead atoms. The number of halogens is 1. The van der Waals surface area contributed by atoms with Crippen molar-refractivity contribution in [2.75, 3.05) is 23.3 Å². The molecule has 0 saturated heterocycles. The van der Waals surface area contributed by atoms with Crippen LogP contribution in [0.25, 0.3) is 5.65 Å². The Hall–Kier alpha value is -2.53. The van der Waals surface area contributed by atoms with Gasteiger partial charge in [-0.2, -0.15) is 0 Å². The van der Waals surface area contributed by atoms with Crippen LogP contribution in [0, 0.1) is 6.92 Å². The number of aromatic nitrogens is 2. The van der Waals surface area contributed by atoms with Gasteiger partial charge >= 0.3 is 0 Å². The Morgan fingerprint density at radius 1 is 1.19 bits per heavy atom. The van der Waals surface area contributed by atoms with Crippen LogP contribution < -0.4 is 10.2 Å². The van der Waals surface area contributed by atoms with Crippen LogP contribution in [0.2, 0.25) is 5.02 Å². The summed E-state index contributed by atoms with van der Waals surface area (Å²) in [7, 11) is 0. The maximum atomic E-state index is 13.0. The molecule has 0 aliphatic heterocycles. The molecule has 1 amide bonds. The van der Waals surface area contributed by atoms with Crippen molar-refractivity contribution in [2.24, 2.45) is 0 Å². The van der Waals surface area contributed by atoms with E-state index in [4.69, 9.17) is 11.6 Å². The van der Waals surface area contributed by atoms with E-state index in [1.54, 1.807) is 16.7 Å². The van der Waals surface area contributed by atoms with Gasteiger partial charge in [0.2, 0.25) is 0 Å². The molecule has 1 aromatic carbocycles. The summed E-state index contributed by atoms with van der Waals surface area (Å²) < 4.78 is 1.76. The third-order valence-corrected chi connectivity index (χ3v) is 5.01. The highest BCUT2D eigenvalue weighted by Gasteiger charge is 2.19. The average Bonchev–Trinajstić information content (AvgIpc) is 3.02. The summed E-state index contributed by atoms with van der Waals surface area (Å²) in [4.78, 5) is 19.9. The fourth-order valence-corrected chi connectivity index (χ4v) is 3.47. The minimum atomic E-state index is -0.180. The number of amides is 1. The normalized spacial score (nSPS) is 11.0. The minimum Gasteiger partial charge on any atom is -0.372 e. The van der Waals surface area contributed by atoms with Crippen molar-refractivity contribution in [1.82, 2.24) is 9.38 Å². The Labute approximate surface area is 165 Å². The SMILES string of the molecule is CCc1nc2ccc(Cl)cn2c1C(=O)Nc1ccc(N(CC)CC)cc1C. The molecule has 3 aromatic rings. The highest BCUT2D eigenvalue weighted by Crippen LogP contribution is 2.24. The van der Waals surface area contributed by atoms with Gasteiger partial charge < -0.3 is 10.2 Å². The second-order valence-corrected chi connectivity index (χ2v) is 6.90. The van der Waals surface area contributed by atoms with Crippen LogP contribution in [-0.2, 0) is 6.42 Å². The van der Waals surface area contributed by atoms with Gasteiger partial charge in [0.15, 0.2) is 0 Å². The van der Waals surface area contributed by atoms with Crippen molar-refractivity contribution >= 4 is 34.5 Å². The van der Waals surface area contributed by atoms with E-state index in [1.165, 1.54) is 0 Å². The predicted octanol–water partition coefficient (Wildman–Crippen LogP) is 4.96. The molecule has 0 spiro atoms. The zero-order valence-electron chi connectivity index (χ0n) is 16.2. The Balaban J connectivity index is 1.94. The van der Waals surface area contributed by atoms with Crippen molar-refractivity contribution in [3.8, 4) is 0 Å². The number of rotatable bonds is 6. The Morgan fingerprint density at radius 2 is 1.93 bits per heavy atom. The molecule has 1 N–H and O–H groups in total. The highest BCUT2D eigenvalue weighted by atomic mass is 35.5. The predicted molar refractivity (Wildman–Crippen MR) is 112 cm³/mol. The summed E-state index contributed by atoms with van der Waals surface area (Å²) >= 11 is 6.12. The molecule has 6 heteroatoms. The Morgan fingerprint density at radius 3 is 2.56 bits per heavy atom. The lowest BCUT2D eigenvalue weighted by Crippen LogP contribution is -2.22. The van der Waals surface area contributed by atoms with E-state index in [0.717, 1.165) is 41.4 Å². The van der Waals surface area contributed by atoms with Gasteiger partial charge in [0.25, 0.3) is 5.91 Å². The zero-order chi connectivity index (χ0) is 19.6. The molecule has 0 unspecified atom stereocenters. The van der Waals surface area contributed by atoms with Gasteiger partial charge in [-0.05, 0) is 63.1 Å². The summed E-state index contributed by atoms with van der Waals surface area (Å²) in [5.74, 6) is -0.180. The highest BCUT2D eigenvalue weighted by molar-refractivity contribution is 6.30. The standard InChI is InChI=1S/C21H25ClN4O/c1-5-17-20(26-13-15(22)8-11-19(26)23-17)21(27)24-18-10-9-16(12-14(18)4)25(6-2)7-3/h8-13H,5-7H2,1-4H3,(H,24,27). The first-order valence-electron chi connectivity index (χ1n) is 9.31. The van der Waals surface area contributed by atoms with Crippen molar-refractivity contribution in [3.05, 3.63) is 58.5 Å². The largest absolute Gasteiger partial charge is 0.372 e. The number of aryl methyl sites for hydroxylation is 2. The number of carbonyl (C=O) groups is 1. The topological polar surface area (TPSA) is 49.6 Å². The molecule has 2 aromatic heterocycles. The monoisotopic (exact) mass is 384 g/mol. The summed E-state index contributed by atoms with van der Waals surface area (Å²) in [6.07, 6.45) is 2.40. The lowest BCUT2D eigenvalue weighted by molar-refractivity contribution is 0.102. The van der Waals surface area contributed by atoms with Crippen molar-refractivity contribution in [2.45, 2.75) is 34.1 Å². The zero-order valence-corrected chi connectivity index (χ0v) is 17.0. The minimum absolute atomic E-state index is 0.180. The van der Waals surface area contributed by atoms with Gasteiger partial charge in [0, 0.05) is 30.7 Å². The van der Waals surface area contributed by atoms with Crippen molar-refractivity contribution in [3.63, 3.8) is 0 Å². The van der Waals surface area contributed by atoms with Crippen LogP contribution in [0.5, 0.6) is 0 Å². The van der Waals surface area contributed by atoms with Gasteiger partial charge in [-0.25, -0.2) is 4.98 Å². The lowest BCUT2D eigenvalue weighted by atomic mass is 10.1. The third kappa shape index (κ3) is 3.78. The maximum absolute atomic E-state index is 13.0. The molecule has 0 fully saturated rings. The summed E-state index contributed by atoms with van der Waals surface area (Å²) in [5.41, 5.74) is 4.99. The number of imidazole rings is 1. The first-order chi connectivity index (χ1) is 13.0. The first-order valence-corrected chi connectivity index (χ1v) is 9.69. The van der Waals surface area contributed by atoms with E-state index in [1.807, 2.05) is 32.0 Å². The van der Waals surface area contributed by atoms with Crippen LogP contribution in [0.15, 0.2) is 36.5 Å². The molecule has 27 heavy (non-hydrogen) atoms. The number of fused-ring (bicyclic) bond motifs is 1. The number of nitrogens with one attached hydrogen (secondary N) is 1. The number of hydrogen-bond acceptors (Lipinski definition) is 3. The smallest absolute Gasteiger partial charge is 0.274 e. The maximum Gasteiger partial charge on any atom is 0.274 e. The van der Waals surface area contributed by atoms with E-state index in [2.05, 4.69) is 35.1 Å². The van der Waals surface area contributed by atoms with E-state index in [0.29, 0.717) is 17.1 Å². The van der Waals surface area contributed by atoms with E-state index >= 15 is 0 Å². The van der Waals surface area contributed by atoms with Crippen molar-refractivity contribution in [1.29, 1.82) is 0 Å². The van der Waals surface area contributed by atoms with Gasteiger partial charge in [-0.15, -0.1) is 0 Å². The van der Waals surface area contributed by atoms with E-state index in [9.17, 15) is 4.79 Å². The number of pyridine rings is 1. The quantitative estimate of drug-likeness (QED) is 0.653. The van der Waals surface area contributed by atoms with Crippen LogP contribution in [0.1, 0.15) is 42.5 Å². The molecule has 0 saturated carbocycles. The molecular weight excluding hydrogens is 360 g/mol. The fraction of sp³-hybridized carbons (Fsp3) is 0.333. The Kier molecular flexibility index (Phi) is 5.71. The molecule has 0 radical (unpaired) electrons. The van der Waals surface area contributed by atoms with Gasteiger partial charge in [0.05, 0.1) is 10.7 Å². The number of carbonyl (C=O) groups excluding carboxylic acids is 1. The van der Waals surface area contributed by atoms with Gasteiger partial charge in [0.1, 0.15) is 11.3 Å². The fourth-order valence-electron chi connectivity index (χ4n) is 3.31. The van der Waals surface area contributed by atoms with Crippen LogP contribution in [-0.4, -0.2) is 28.4 Å². The molecule has 0 aliphatic rings. The molecular formula is C21H25ClN4O. The number of nitrogens with zero attached hydrogens (tertiary/aromatic N) is 3. The molecule has 5 nitrogen and oxygen atoms in total. The van der Waals surface area contributed by atoms with Crippen molar-refractivity contribution < 1.29 is 4.79 Å². The van der Waals surface area contributed by atoms with E-state index in [-0.39, 0.29) is 5.91 Å². The summed E-state index contributed by atoms with van der Waals surface area (Å²) in [6, 6.07) is 9.71. The second-order valence-electron chi connectivity index (χ2n) is 6.46. The summed E-state index contributed by atoms with van der Waals surface area (Å²) in [5, 5.41) is 3.61. The molecule has 2 heterocycles. The molecule has 142 valence electrons. The average molecular weight is 385 g/mol. The molecule has 3 rings (SSSR count). The van der Waals surface area contributed by atoms with E-state index < -0.39 is 0 Å².